The molecule has 0 bridgehead atoms. The van der Waals surface area contributed by atoms with E-state index in [0.717, 1.165) is 5.56 Å². The van der Waals surface area contributed by atoms with E-state index >= 15 is 0 Å². The van der Waals surface area contributed by atoms with Crippen LogP contribution in [0.25, 0.3) is 0 Å². The summed E-state index contributed by atoms with van der Waals surface area (Å²) in [7, 11) is 1.54. The monoisotopic (exact) mass is 391 g/mol. The molecule has 2 aliphatic heterocycles. The lowest BCUT2D eigenvalue weighted by Crippen LogP contribution is -2.58. The van der Waals surface area contributed by atoms with Gasteiger partial charge in [-0.05, 0) is 30.4 Å². The maximum absolute atomic E-state index is 12.8. The Morgan fingerprint density at radius 1 is 1.19 bits per heavy atom. The quantitative estimate of drug-likeness (QED) is 0.741. The summed E-state index contributed by atoms with van der Waals surface area (Å²) in [6, 6.07) is 7.10. The van der Waals surface area contributed by atoms with Crippen LogP contribution in [-0.2, 0) is 16.0 Å². The Labute approximate surface area is 165 Å². The number of halogens is 1. The summed E-state index contributed by atoms with van der Waals surface area (Å²) in [6.45, 7) is 5.54. The first-order chi connectivity index (χ1) is 12.8. The molecule has 27 heavy (non-hydrogen) atoms. The molecule has 2 saturated heterocycles. The molecule has 4 amide bonds. The van der Waals surface area contributed by atoms with Gasteiger partial charge in [0.2, 0.25) is 5.91 Å². The van der Waals surface area contributed by atoms with E-state index in [2.05, 4.69) is 0 Å². The molecule has 0 atom stereocenters. The zero-order valence-corrected chi connectivity index (χ0v) is 16.8. The van der Waals surface area contributed by atoms with Gasteiger partial charge in [0.1, 0.15) is 5.54 Å². The van der Waals surface area contributed by atoms with Crippen molar-refractivity contribution in [1.29, 1.82) is 0 Å². The van der Waals surface area contributed by atoms with E-state index in [-0.39, 0.29) is 30.2 Å². The van der Waals surface area contributed by atoms with Crippen molar-refractivity contribution in [2.45, 2.75) is 38.6 Å². The van der Waals surface area contributed by atoms with E-state index in [4.69, 9.17) is 11.6 Å². The number of piperidine rings is 1. The number of carbonyl (C=O) groups excluding carboxylic acids is 3. The Bertz CT molecular complexity index is 757. The summed E-state index contributed by atoms with van der Waals surface area (Å²) in [6.07, 6.45) is 1.20. The maximum Gasteiger partial charge on any atom is 0.327 e. The number of nitrogens with zero attached hydrogens (tertiary/aromatic N) is 3. The van der Waals surface area contributed by atoms with Gasteiger partial charge in [0, 0.05) is 31.7 Å². The predicted molar refractivity (Wildman–Crippen MR) is 103 cm³/mol. The number of likely N-dealkylation sites (N-methyl/N-ethyl adjacent to an activating group) is 1. The Balaban J connectivity index is 1.71. The third-order valence-corrected chi connectivity index (χ3v) is 5.90. The number of carbonyl (C=O) groups is 3. The molecular formula is C20H26ClN3O3. The number of imide groups is 1. The van der Waals surface area contributed by atoms with Crippen LogP contribution in [0.15, 0.2) is 24.3 Å². The summed E-state index contributed by atoms with van der Waals surface area (Å²) in [5.74, 6) is 0.120. The first-order valence-corrected chi connectivity index (χ1v) is 9.75. The van der Waals surface area contributed by atoms with Crippen LogP contribution in [0.2, 0.25) is 5.02 Å². The van der Waals surface area contributed by atoms with Gasteiger partial charge in [-0.3, -0.25) is 14.5 Å². The minimum absolute atomic E-state index is 0.00140. The fourth-order valence-electron chi connectivity index (χ4n) is 4.02. The lowest BCUT2D eigenvalue weighted by Gasteiger charge is -2.42. The van der Waals surface area contributed by atoms with Gasteiger partial charge in [0.15, 0.2) is 0 Å². The van der Waals surface area contributed by atoms with Gasteiger partial charge >= 0.3 is 6.03 Å². The third-order valence-electron chi connectivity index (χ3n) is 5.53. The maximum atomic E-state index is 12.8. The van der Waals surface area contributed by atoms with Crippen LogP contribution >= 0.6 is 11.6 Å². The van der Waals surface area contributed by atoms with Crippen molar-refractivity contribution in [2.75, 3.05) is 26.7 Å². The zero-order valence-electron chi connectivity index (χ0n) is 16.1. The Kier molecular flexibility index (Phi) is 5.47. The minimum Gasteiger partial charge on any atom is -0.342 e. The van der Waals surface area contributed by atoms with Gasteiger partial charge in [-0.2, -0.15) is 0 Å². The number of hydrogen-bond donors (Lipinski definition) is 0. The largest absolute Gasteiger partial charge is 0.342 e. The van der Waals surface area contributed by atoms with Crippen LogP contribution in [0.1, 0.15) is 32.3 Å². The first kappa shape index (κ1) is 19.7. The molecule has 6 nitrogen and oxygen atoms in total. The van der Waals surface area contributed by atoms with Crippen molar-refractivity contribution >= 4 is 29.4 Å². The average Bonchev–Trinajstić information content (AvgIpc) is 2.80. The second-order valence-corrected chi connectivity index (χ2v) is 8.24. The molecule has 1 aromatic carbocycles. The van der Waals surface area contributed by atoms with Crippen LogP contribution in [0.5, 0.6) is 0 Å². The summed E-state index contributed by atoms with van der Waals surface area (Å²) in [5.41, 5.74) is -0.00479. The van der Waals surface area contributed by atoms with Crippen molar-refractivity contribution < 1.29 is 14.4 Å². The van der Waals surface area contributed by atoms with Gasteiger partial charge in [0.25, 0.3) is 5.91 Å². The van der Waals surface area contributed by atoms with Gasteiger partial charge in [0.05, 0.1) is 6.42 Å². The molecular weight excluding hydrogens is 366 g/mol. The first-order valence-electron chi connectivity index (χ1n) is 9.37. The summed E-state index contributed by atoms with van der Waals surface area (Å²) < 4.78 is 0. The molecule has 2 heterocycles. The summed E-state index contributed by atoms with van der Waals surface area (Å²) in [5, 5.41) is 0.584. The van der Waals surface area contributed by atoms with Crippen molar-refractivity contribution in [1.82, 2.24) is 14.7 Å². The van der Waals surface area contributed by atoms with Crippen LogP contribution in [-0.4, -0.2) is 64.8 Å². The van der Waals surface area contributed by atoms with E-state index in [0.29, 0.717) is 37.5 Å². The van der Waals surface area contributed by atoms with Gasteiger partial charge in [-0.25, -0.2) is 4.79 Å². The van der Waals surface area contributed by atoms with Crippen molar-refractivity contribution in [3.8, 4) is 0 Å². The normalized spacial score (nSPS) is 19.5. The molecule has 1 aromatic rings. The molecule has 2 aliphatic rings. The summed E-state index contributed by atoms with van der Waals surface area (Å²) >= 11 is 6.16. The molecule has 0 unspecified atom stereocenters. The standard InChI is InChI=1S/C20H26ClN3O3/c1-14(2)13-24-19(27)22(3)18(26)20(24)8-10-23(11-9-20)17(25)12-15-6-4-5-7-16(15)21/h4-7,14H,8-13H2,1-3H3. The number of benzene rings is 1. The number of hydrogen-bond acceptors (Lipinski definition) is 3. The summed E-state index contributed by atoms with van der Waals surface area (Å²) in [4.78, 5) is 42.8. The predicted octanol–water partition coefficient (Wildman–Crippen LogP) is 2.79. The van der Waals surface area contributed by atoms with Gasteiger partial charge in [-0.1, -0.05) is 43.6 Å². The highest BCUT2D eigenvalue weighted by atomic mass is 35.5. The highest BCUT2D eigenvalue weighted by Crippen LogP contribution is 2.37. The van der Waals surface area contributed by atoms with Crippen LogP contribution in [0, 0.1) is 5.92 Å². The number of likely N-dealkylation sites (tertiary alicyclic amines) is 1. The Hall–Kier alpha value is -2.08. The molecule has 0 saturated carbocycles. The van der Waals surface area contributed by atoms with Crippen molar-refractivity contribution in [3.63, 3.8) is 0 Å². The van der Waals surface area contributed by atoms with Crippen LogP contribution in [0.3, 0.4) is 0 Å². The Morgan fingerprint density at radius 3 is 2.41 bits per heavy atom. The fraction of sp³-hybridized carbons (Fsp3) is 0.550. The smallest absolute Gasteiger partial charge is 0.327 e. The third kappa shape index (κ3) is 3.55. The van der Waals surface area contributed by atoms with Gasteiger partial charge < -0.3 is 9.80 Å². The fourth-order valence-corrected chi connectivity index (χ4v) is 4.23. The van der Waals surface area contributed by atoms with E-state index in [9.17, 15) is 14.4 Å². The molecule has 1 spiro atoms. The Morgan fingerprint density at radius 2 is 1.81 bits per heavy atom. The highest BCUT2D eigenvalue weighted by Gasteiger charge is 2.57. The van der Waals surface area contributed by atoms with Crippen molar-refractivity contribution in [3.05, 3.63) is 34.9 Å². The van der Waals surface area contributed by atoms with Gasteiger partial charge in [-0.15, -0.1) is 0 Å². The lowest BCUT2D eigenvalue weighted by atomic mass is 9.85. The molecule has 0 aliphatic carbocycles. The zero-order chi connectivity index (χ0) is 19.8. The molecule has 0 N–H and O–H groups in total. The molecule has 146 valence electrons. The highest BCUT2D eigenvalue weighted by molar-refractivity contribution is 6.31. The number of amides is 4. The van der Waals surface area contributed by atoms with Crippen LogP contribution < -0.4 is 0 Å². The molecule has 7 heteroatoms. The van der Waals surface area contributed by atoms with E-state index < -0.39 is 5.54 Å². The second-order valence-electron chi connectivity index (χ2n) is 7.83. The molecule has 3 rings (SSSR count). The SMILES string of the molecule is CC(C)CN1C(=O)N(C)C(=O)C12CCN(C(=O)Cc1ccccc1Cl)CC2. The van der Waals surface area contributed by atoms with Crippen molar-refractivity contribution in [2.24, 2.45) is 5.92 Å². The lowest BCUT2D eigenvalue weighted by molar-refractivity contribution is -0.140. The number of rotatable bonds is 4. The van der Waals surface area contributed by atoms with E-state index in [1.165, 1.54) is 4.90 Å². The molecule has 0 aromatic heterocycles. The van der Waals surface area contributed by atoms with Crippen LogP contribution in [0.4, 0.5) is 4.79 Å². The molecule has 2 fully saturated rings. The second kappa shape index (κ2) is 7.50. The number of urea groups is 1. The topological polar surface area (TPSA) is 60.9 Å². The van der Waals surface area contributed by atoms with E-state index in [1.807, 2.05) is 32.0 Å². The average molecular weight is 392 g/mol. The minimum atomic E-state index is -0.808. The van der Waals surface area contributed by atoms with E-state index in [1.54, 1.807) is 22.9 Å². The molecule has 0 radical (unpaired) electrons.